The summed E-state index contributed by atoms with van der Waals surface area (Å²) in [5.74, 6) is -3.13. The molecular weight excluding hydrogens is 194 g/mol. The molecule has 0 aliphatic heterocycles. The molecule has 0 rings (SSSR count). The van der Waals surface area contributed by atoms with E-state index in [0.29, 0.717) is 0 Å². The zero-order valence-corrected chi connectivity index (χ0v) is 8.05. The third-order valence-corrected chi connectivity index (χ3v) is 1.32. The molecule has 0 fully saturated rings. The van der Waals surface area contributed by atoms with Crippen LogP contribution >= 0.6 is 0 Å². The minimum Gasteiger partial charge on any atom is -0.461 e. The van der Waals surface area contributed by atoms with E-state index in [1.807, 2.05) is 0 Å². The Morgan fingerprint density at radius 2 is 2.21 bits per heavy atom. The molecule has 5 heteroatoms. The summed E-state index contributed by atoms with van der Waals surface area (Å²) >= 11 is 0. The van der Waals surface area contributed by atoms with E-state index in [2.05, 4.69) is 15.4 Å². The average molecular weight is 206 g/mol. The molecule has 3 nitrogen and oxygen atoms in total. The van der Waals surface area contributed by atoms with Gasteiger partial charge < -0.3 is 9.47 Å². The van der Waals surface area contributed by atoms with Crippen molar-refractivity contribution in [3.05, 3.63) is 0 Å². The topological polar surface area (TPSA) is 35.5 Å². The van der Waals surface area contributed by atoms with Gasteiger partial charge in [0.05, 0.1) is 6.61 Å². The second-order valence-electron chi connectivity index (χ2n) is 2.54. The Balaban J connectivity index is 4.07. The minimum atomic E-state index is -3.64. The summed E-state index contributed by atoms with van der Waals surface area (Å²) in [5, 5.41) is 0. The largest absolute Gasteiger partial charge is 0.461 e. The van der Waals surface area contributed by atoms with Gasteiger partial charge in [-0.1, -0.05) is 5.92 Å². The van der Waals surface area contributed by atoms with Gasteiger partial charge in [-0.3, -0.25) is 0 Å². The van der Waals surface area contributed by atoms with E-state index >= 15 is 0 Å². The lowest BCUT2D eigenvalue weighted by molar-refractivity contribution is -0.180. The third kappa shape index (κ3) is 4.19. The van der Waals surface area contributed by atoms with Crippen LogP contribution in [0, 0.1) is 12.3 Å². The molecule has 1 atom stereocenters. The average Bonchev–Trinajstić information content (AvgIpc) is 2.14. The van der Waals surface area contributed by atoms with Gasteiger partial charge in [-0.15, -0.1) is 6.42 Å². The molecule has 0 saturated carbocycles. The monoisotopic (exact) mass is 206 g/mol. The van der Waals surface area contributed by atoms with E-state index in [9.17, 15) is 13.6 Å². The van der Waals surface area contributed by atoms with Crippen LogP contribution in [0.2, 0.25) is 0 Å². The van der Waals surface area contributed by atoms with Crippen molar-refractivity contribution in [1.29, 1.82) is 0 Å². The number of carbonyl (C=O) groups excluding carboxylic acids is 1. The maximum atomic E-state index is 12.8. The van der Waals surface area contributed by atoms with E-state index in [-0.39, 0.29) is 6.61 Å². The molecular formula is C9H12F2O3. The quantitative estimate of drug-likeness (QED) is 0.501. The lowest BCUT2D eigenvalue weighted by Gasteiger charge is -2.15. The van der Waals surface area contributed by atoms with Crippen LogP contribution < -0.4 is 0 Å². The van der Waals surface area contributed by atoms with Crippen molar-refractivity contribution >= 4 is 5.97 Å². The van der Waals surface area contributed by atoms with Crippen LogP contribution in [-0.4, -0.2) is 31.2 Å². The van der Waals surface area contributed by atoms with Crippen LogP contribution in [0.5, 0.6) is 0 Å². The summed E-state index contributed by atoms with van der Waals surface area (Å²) in [6.07, 6.45) is 4.15. The zero-order chi connectivity index (χ0) is 11.2. The molecule has 0 amide bonds. The van der Waals surface area contributed by atoms with Crippen molar-refractivity contribution in [1.82, 2.24) is 0 Å². The van der Waals surface area contributed by atoms with Gasteiger partial charge in [0.15, 0.2) is 0 Å². The van der Waals surface area contributed by atoms with Gasteiger partial charge in [0, 0.05) is 0 Å². The fraction of sp³-hybridized carbons (Fsp3) is 0.667. The molecule has 0 saturated heterocycles. The van der Waals surface area contributed by atoms with E-state index in [4.69, 9.17) is 6.42 Å². The fourth-order valence-corrected chi connectivity index (χ4v) is 0.573. The SMILES string of the molecule is C#CC(C)OCC(F)(F)C(=O)OCC. The summed E-state index contributed by atoms with van der Waals surface area (Å²) in [5.41, 5.74) is 0. The lowest BCUT2D eigenvalue weighted by Crippen LogP contribution is -2.36. The number of alkyl halides is 2. The fourth-order valence-electron chi connectivity index (χ4n) is 0.573. The summed E-state index contributed by atoms with van der Waals surface area (Å²) < 4.78 is 34.4. The molecule has 1 unspecified atom stereocenters. The van der Waals surface area contributed by atoms with Gasteiger partial charge >= 0.3 is 11.9 Å². The molecule has 0 aliphatic rings. The van der Waals surface area contributed by atoms with E-state index < -0.39 is 24.6 Å². The summed E-state index contributed by atoms with van der Waals surface area (Å²) in [7, 11) is 0. The molecule has 0 heterocycles. The zero-order valence-electron chi connectivity index (χ0n) is 8.05. The predicted molar refractivity (Wildman–Crippen MR) is 45.8 cm³/mol. The highest BCUT2D eigenvalue weighted by Crippen LogP contribution is 2.16. The number of hydrogen-bond donors (Lipinski definition) is 0. The van der Waals surface area contributed by atoms with Crippen molar-refractivity contribution in [2.75, 3.05) is 13.2 Å². The van der Waals surface area contributed by atoms with Gasteiger partial charge in [0.2, 0.25) is 0 Å². The molecule has 0 aliphatic carbocycles. The Morgan fingerprint density at radius 3 is 2.64 bits per heavy atom. The number of esters is 1. The van der Waals surface area contributed by atoms with E-state index in [0.717, 1.165) is 0 Å². The van der Waals surface area contributed by atoms with Crippen molar-refractivity contribution in [3.63, 3.8) is 0 Å². The predicted octanol–water partition coefficient (Wildman–Crippen LogP) is 1.22. The standard InChI is InChI=1S/C9H12F2O3/c1-4-7(3)14-6-9(10,11)8(12)13-5-2/h1,7H,5-6H2,2-3H3. The van der Waals surface area contributed by atoms with Crippen molar-refractivity contribution in [3.8, 4) is 12.3 Å². The summed E-state index contributed by atoms with van der Waals surface area (Å²) in [6, 6.07) is 0. The van der Waals surface area contributed by atoms with Crippen molar-refractivity contribution in [2.24, 2.45) is 0 Å². The Kier molecular flexibility index (Phi) is 5.10. The number of hydrogen-bond acceptors (Lipinski definition) is 3. The van der Waals surface area contributed by atoms with Gasteiger partial charge in [-0.2, -0.15) is 8.78 Å². The second-order valence-corrected chi connectivity index (χ2v) is 2.54. The van der Waals surface area contributed by atoms with Crippen LogP contribution in [0.3, 0.4) is 0 Å². The van der Waals surface area contributed by atoms with Gasteiger partial charge in [-0.25, -0.2) is 4.79 Å². The van der Waals surface area contributed by atoms with Gasteiger partial charge in [0.1, 0.15) is 12.7 Å². The van der Waals surface area contributed by atoms with Crippen LogP contribution in [-0.2, 0) is 14.3 Å². The smallest absolute Gasteiger partial charge is 0.379 e. The number of rotatable bonds is 5. The highest BCUT2D eigenvalue weighted by molar-refractivity contribution is 5.77. The maximum Gasteiger partial charge on any atom is 0.379 e. The Labute approximate surface area is 81.4 Å². The molecule has 0 aromatic heterocycles. The first-order valence-corrected chi connectivity index (χ1v) is 4.06. The molecule has 80 valence electrons. The number of halogens is 2. The highest BCUT2D eigenvalue weighted by atomic mass is 19.3. The molecule has 0 N–H and O–H groups in total. The Hall–Kier alpha value is -1.15. The second kappa shape index (κ2) is 5.55. The van der Waals surface area contributed by atoms with Crippen molar-refractivity contribution in [2.45, 2.75) is 25.9 Å². The number of carbonyl (C=O) groups is 1. The first-order valence-electron chi connectivity index (χ1n) is 4.06. The molecule has 0 aromatic rings. The van der Waals surface area contributed by atoms with Crippen LogP contribution in [0.15, 0.2) is 0 Å². The van der Waals surface area contributed by atoms with Gasteiger partial charge in [0.25, 0.3) is 0 Å². The molecule has 0 spiro atoms. The summed E-state index contributed by atoms with van der Waals surface area (Å²) in [6.45, 7) is 1.72. The maximum absolute atomic E-state index is 12.8. The minimum absolute atomic E-state index is 0.0981. The molecule has 14 heavy (non-hydrogen) atoms. The van der Waals surface area contributed by atoms with Crippen LogP contribution in [0.4, 0.5) is 8.78 Å². The third-order valence-electron chi connectivity index (χ3n) is 1.32. The molecule has 0 radical (unpaired) electrons. The van der Waals surface area contributed by atoms with Crippen LogP contribution in [0.25, 0.3) is 0 Å². The summed E-state index contributed by atoms with van der Waals surface area (Å²) in [4.78, 5) is 10.7. The Bertz CT molecular complexity index is 233. The number of ether oxygens (including phenoxy) is 2. The first-order chi connectivity index (χ1) is 6.44. The van der Waals surface area contributed by atoms with Crippen molar-refractivity contribution < 1.29 is 23.0 Å². The normalized spacial score (nSPS) is 13.1. The van der Waals surface area contributed by atoms with E-state index in [1.165, 1.54) is 13.8 Å². The molecule has 0 bridgehead atoms. The molecule has 0 aromatic carbocycles. The lowest BCUT2D eigenvalue weighted by atomic mass is 10.3. The first kappa shape index (κ1) is 12.8. The number of terminal acetylenes is 1. The Morgan fingerprint density at radius 1 is 1.64 bits per heavy atom. The van der Waals surface area contributed by atoms with Gasteiger partial charge in [-0.05, 0) is 13.8 Å². The van der Waals surface area contributed by atoms with Crippen LogP contribution in [0.1, 0.15) is 13.8 Å². The van der Waals surface area contributed by atoms with E-state index in [1.54, 1.807) is 0 Å². The highest BCUT2D eigenvalue weighted by Gasteiger charge is 2.41.